The van der Waals surface area contributed by atoms with Crippen LogP contribution in [0.3, 0.4) is 0 Å². The molecule has 1 atom stereocenters. The molecule has 166 valence electrons. The number of unbranched alkanes of at least 4 members (excludes halogenated alkanes) is 1. The molecule has 0 spiro atoms. The fourth-order valence-electron chi connectivity index (χ4n) is 2.67. The van der Waals surface area contributed by atoms with Crippen molar-refractivity contribution in [1.82, 2.24) is 15.6 Å². The third-order valence-corrected chi connectivity index (χ3v) is 4.11. The Morgan fingerprint density at radius 3 is 2.47 bits per heavy atom. The summed E-state index contributed by atoms with van der Waals surface area (Å²) in [6, 6.07) is 13.5. The van der Waals surface area contributed by atoms with E-state index >= 15 is 0 Å². The van der Waals surface area contributed by atoms with Crippen LogP contribution in [0.2, 0.25) is 0 Å². The summed E-state index contributed by atoms with van der Waals surface area (Å²) in [5, 5.41) is 9.97. The Labute approximate surface area is 197 Å². The summed E-state index contributed by atoms with van der Waals surface area (Å²) < 4.78 is 11.3. The van der Waals surface area contributed by atoms with E-state index < -0.39 is 0 Å². The van der Waals surface area contributed by atoms with Crippen molar-refractivity contribution in [2.75, 3.05) is 38.6 Å². The van der Waals surface area contributed by atoms with Crippen LogP contribution in [0.25, 0.3) is 0 Å². The lowest BCUT2D eigenvalue weighted by molar-refractivity contribution is 0.219. The summed E-state index contributed by atoms with van der Waals surface area (Å²) in [4.78, 5) is 8.89. The minimum absolute atomic E-state index is 0. The minimum atomic E-state index is -0.0654. The highest BCUT2D eigenvalue weighted by Gasteiger charge is 2.08. The molecule has 0 radical (unpaired) electrons. The fourth-order valence-corrected chi connectivity index (χ4v) is 2.67. The van der Waals surface area contributed by atoms with Gasteiger partial charge >= 0.3 is 0 Å². The van der Waals surface area contributed by atoms with E-state index in [1.165, 1.54) is 0 Å². The van der Waals surface area contributed by atoms with Crippen LogP contribution < -0.4 is 25.4 Å². The molecule has 0 fully saturated rings. The Hall–Kier alpha value is -2.23. The summed E-state index contributed by atoms with van der Waals surface area (Å²) in [5.74, 6) is 3.18. The van der Waals surface area contributed by atoms with Crippen LogP contribution in [0.5, 0.6) is 11.5 Å². The van der Waals surface area contributed by atoms with Crippen LogP contribution in [0, 0.1) is 0 Å². The standard InChI is InChI=1S/C22H33N5O2.HI/c1-4-23-22(26-16-10-9-15-25-21-13-7-8-14-24-21)27-17-18(2)29-20-12-6-5-11-19(20)28-3;/h5-8,11-14,18H,4,9-10,15-17H2,1-3H3,(H,24,25)(H2,23,26,27);1H. The number of rotatable bonds is 12. The SMILES string of the molecule is CCNC(=NCC(C)Oc1ccccc1OC)NCCCCNc1ccccn1.I. The predicted octanol–water partition coefficient (Wildman–Crippen LogP) is 3.92. The van der Waals surface area contributed by atoms with Gasteiger partial charge in [0.1, 0.15) is 11.9 Å². The van der Waals surface area contributed by atoms with Crippen LogP contribution in [0.4, 0.5) is 5.82 Å². The molecule has 1 unspecified atom stereocenters. The lowest BCUT2D eigenvalue weighted by Crippen LogP contribution is -2.38. The molecular weight excluding hydrogens is 493 g/mol. The van der Waals surface area contributed by atoms with Crippen molar-refractivity contribution in [2.45, 2.75) is 32.8 Å². The fraction of sp³-hybridized carbons (Fsp3) is 0.455. The molecule has 0 saturated heterocycles. The Kier molecular flexibility index (Phi) is 13.4. The van der Waals surface area contributed by atoms with Crippen molar-refractivity contribution in [1.29, 1.82) is 0 Å². The number of ether oxygens (including phenoxy) is 2. The van der Waals surface area contributed by atoms with Crippen LogP contribution in [0.15, 0.2) is 53.7 Å². The van der Waals surface area contributed by atoms with Crippen molar-refractivity contribution >= 4 is 35.8 Å². The van der Waals surface area contributed by atoms with Gasteiger partial charge in [0.25, 0.3) is 0 Å². The van der Waals surface area contributed by atoms with E-state index in [1.54, 1.807) is 13.3 Å². The predicted molar refractivity (Wildman–Crippen MR) is 134 cm³/mol. The summed E-state index contributed by atoms with van der Waals surface area (Å²) in [6.45, 7) is 7.18. The highest BCUT2D eigenvalue weighted by molar-refractivity contribution is 14.0. The number of nitrogens with zero attached hydrogens (tertiary/aromatic N) is 2. The first-order valence-corrected chi connectivity index (χ1v) is 10.2. The Morgan fingerprint density at radius 1 is 1.03 bits per heavy atom. The number of halogens is 1. The molecule has 30 heavy (non-hydrogen) atoms. The number of nitrogens with one attached hydrogen (secondary N) is 3. The molecule has 8 heteroatoms. The van der Waals surface area contributed by atoms with E-state index in [9.17, 15) is 0 Å². The lowest BCUT2D eigenvalue weighted by Gasteiger charge is -2.16. The maximum Gasteiger partial charge on any atom is 0.191 e. The molecular formula is C22H34IN5O2. The quantitative estimate of drug-likeness (QED) is 0.168. The molecule has 1 aromatic carbocycles. The number of pyridine rings is 1. The highest BCUT2D eigenvalue weighted by Crippen LogP contribution is 2.26. The summed E-state index contributed by atoms with van der Waals surface area (Å²) in [6.07, 6.45) is 3.82. The molecule has 0 amide bonds. The van der Waals surface area contributed by atoms with Crippen molar-refractivity contribution in [3.63, 3.8) is 0 Å². The first-order chi connectivity index (χ1) is 14.2. The molecule has 7 nitrogen and oxygen atoms in total. The van der Waals surface area contributed by atoms with E-state index in [4.69, 9.17) is 9.47 Å². The van der Waals surface area contributed by atoms with Gasteiger partial charge in [-0.2, -0.15) is 0 Å². The van der Waals surface area contributed by atoms with Crippen LogP contribution in [-0.4, -0.2) is 50.3 Å². The van der Waals surface area contributed by atoms with E-state index in [1.807, 2.05) is 49.4 Å². The zero-order chi connectivity index (χ0) is 20.7. The Balaban J connectivity index is 0.00000450. The smallest absolute Gasteiger partial charge is 0.191 e. The molecule has 1 heterocycles. The zero-order valence-electron chi connectivity index (χ0n) is 18.1. The normalized spacial score (nSPS) is 11.8. The molecule has 2 aromatic rings. The number of hydrogen-bond donors (Lipinski definition) is 3. The summed E-state index contributed by atoms with van der Waals surface area (Å²) in [5.41, 5.74) is 0. The van der Waals surface area contributed by atoms with Crippen LogP contribution >= 0.6 is 24.0 Å². The average Bonchev–Trinajstić information content (AvgIpc) is 2.75. The van der Waals surface area contributed by atoms with Gasteiger partial charge in [0.15, 0.2) is 17.5 Å². The zero-order valence-corrected chi connectivity index (χ0v) is 20.4. The second kappa shape index (κ2) is 15.6. The molecule has 2 rings (SSSR count). The maximum atomic E-state index is 5.96. The minimum Gasteiger partial charge on any atom is -0.493 e. The highest BCUT2D eigenvalue weighted by atomic mass is 127. The molecule has 0 saturated carbocycles. The number of guanidine groups is 1. The summed E-state index contributed by atoms with van der Waals surface area (Å²) >= 11 is 0. The van der Waals surface area contributed by atoms with Crippen molar-refractivity contribution in [2.24, 2.45) is 4.99 Å². The summed E-state index contributed by atoms with van der Waals surface area (Å²) in [7, 11) is 1.64. The van der Waals surface area contributed by atoms with E-state index in [0.29, 0.717) is 6.54 Å². The van der Waals surface area contributed by atoms with Crippen LogP contribution in [0.1, 0.15) is 26.7 Å². The van der Waals surface area contributed by atoms with Crippen molar-refractivity contribution in [3.8, 4) is 11.5 Å². The number of hydrogen-bond acceptors (Lipinski definition) is 5. The van der Waals surface area contributed by atoms with Gasteiger partial charge in [-0.3, -0.25) is 0 Å². The molecule has 0 aliphatic carbocycles. The van der Waals surface area contributed by atoms with Gasteiger partial charge in [0.2, 0.25) is 0 Å². The largest absolute Gasteiger partial charge is 0.493 e. The van der Waals surface area contributed by atoms with E-state index in [2.05, 4.69) is 32.9 Å². The second-order valence-electron chi connectivity index (χ2n) is 6.57. The lowest BCUT2D eigenvalue weighted by atomic mass is 10.3. The topological polar surface area (TPSA) is 79.8 Å². The third-order valence-electron chi connectivity index (χ3n) is 4.11. The first kappa shape index (κ1) is 25.8. The number of methoxy groups -OCH3 is 1. The van der Waals surface area contributed by atoms with E-state index in [-0.39, 0.29) is 30.1 Å². The van der Waals surface area contributed by atoms with Gasteiger partial charge in [-0.15, -0.1) is 24.0 Å². The number of para-hydroxylation sites is 2. The molecule has 0 bridgehead atoms. The Morgan fingerprint density at radius 2 is 1.77 bits per heavy atom. The molecule has 0 aliphatic rings. The molecule has 0 aliphatic heterocycles. The molecule has 3 N–H and O–H groups in total. The van der Waals surface area contributed by atoms with Gasteiger partial charge in [-0.25, -0.2) is 9.98 Å². The number of benzene rings is 1. The molecule has 1 aromatic heterocycles. The number of anilines is 1. The maximum absolute atomic E-state index is 5.96. The Bertz CT molecular complexity index is 730. The monoisotopic (exact) mass is 527 g/mol. The number of aromatic nitrogens is 1. The number of aliphatic imine (C=N–C) groups is 1. The van der Waals surface area contributed by atoms with Crippen molar-refractivity contribution < 1.29 is 9.47 Å². The van der Waals surface area contributed by atoms with Gasteiger partial charge in [0, 0.05) is 25.8 Å². The van der Waals surface area contributed by atoms with Gasteiger partial charge < -0.3 is 25.4 Å². The van der Waals surface area contributed by atoms with E-state index in [0.717, 1.165) is 55.8 Å². The van der Waals surface area contributed by atoms with Gasteiger partial charge in [-0.05, 0) is 51.0 Å². The third kappa shape index (κ3) is 10.00. The van der Waals surface area contributed by atoms with Gasteiger partial charge in [0.05, 0.1) is 13.7 Å². The second-order valence-corrected chi connectivity index (χ2v) is 6.57. The van der Waals surface area contributed by atoms with Gasteiger partial charge in [-0.1, -0.05) is 18.2 Å². The first-order valence-electron chi connectivity index (χ1n) is 10.2. The van der Waals surface area contributed by atoms with Crippen molar-refractivity contribution in [3.05, 3.63) is 48.7 Å². The van der Waals surface area contributed by atoms with Crippen LogP contribution in [-0.2, 0) is 0 Å². The average molecular weight is 527 g/mol.